The Morgan fingerprint density at radius 1 is 0.969 bits per heavy atom. The summed E-state index contributed by atoms with van der Waals surface area (Å²) in [5.41, 5.74) is 4.83. The van der Waals surface area contributed by atoms with E-state index in [9.17, 15) is 9.59 Å². The van der Waals surface area contributed by atoms with Gasteiger partial charge in [-0.3, -0.25) is 9.59 Å². The van der Waals surface area contributed by atoms with E-state index < -0.39 is 0 Å². The maximum Gasteiger partial charge on any atom is 0.310 e. The molecule has 1 amide bonds. The SMILES string of the molecule is CCOC(=O)Cc1ccc(NC(=O)c2cc(OCc3cccc(C)c3)ccc2Cl)c(C)c1. The van der Waals surface area contributed by atoms with Crippen molar-refractivity contribution in [1.29, 1.82) is 0 Å². The van der Waals surface area contributed by atoms with Gasteiger partial charge in [-0.05, 0) is 61.7 Å². The monoisotopic (exact) mass is 451 g/mol. The molecular formula is C26H26ClNO4. The highest BCUT2D eigenvalue weighted by atomic mass is 35.5. The lowest BCUT2D eigenvalue weighted by molar-refractivity contribution is -0.142. The van der Waals surface area contributed by atoms with Gasteiger partial charge in [0, 0.05) is 5.69 Å². The molecule has 0 unspecified atom stereocenters. The van der Waals surface area contributed by atoms with Crippen LogP contribution in [0.1, 0.15) is 39.5 Å². The standard InChI is InChI=1S/C26H26ClNO4/c1-4-31-25(29)14-19-8-11-24(18(3)13-19)28-26(30)22-15-21(9-10-23(22)27)32-16-20-7-5-6-17(2)12-20/h5-13,15H,4,14,16H2,1-3H3,(H,28,30). The number of hydrogen-bond donors (Lipinski definition) is 1. The van der Waals surface area contributed by atoms with Crippen molar-refractivity contribution in [2.24, 2.45) is 0 Å². The molecule has 3 aromatic rings. The zero-order chi connectivity index (χ0) is 23.1. The van der Waals surface area contributed by atoms with Gasteiger partial charge in [0.25, 0.3) is 5.91 Å². The number of amides is 1. The molecular weight excluding hydrogens is 426 g/mol. The first-order chi connectivity index (χ1) is 15.4. The lowest BCUT2D eigenvalue weighted by Crippen LogP contribution is -2.14. The first kappa shape index (κ1) is 23.4. The second kappa shape index (κ2) is 10.8. The molecule has 1 N–H and O–H groups in total. The van der Waals surface area contributed by atoms with Gasteiger partial charge in [0.1, 0.15) is 12.4 Å². The minimum Gasteiger partial charge on any atom is -0.489 e. The Morgan fingerprint density at radius 2 is 1.78 bits per heavy atom. The van der Waals surface area contributed by atoms with Gasteiger partial charge >= 0.3 is 5.97 Å². The number of ether oxygens (including phenoxy) is 2. The number of rotatable bonds is 8. The van der Waals surface area contributed by atoms with E-state index in [0.717, 1.165) is 22.3 Å². The van der Waals surface area contributed by atoms with Gasteiger partial charge in [-0.15, -0.1) is 0 Å². The molecule has 0 saturated carbocycles. The topological polar surface area (TPSA) is 64.6 Å². The highest BCUT2D eigenvalue weighted by Crippen LogP contribution is 2.25. The van der Waals surface area contributed by atoms with E-state index in [0.29, 0.717) is 35.2 Å². The molecule has 0 aliphatic heterocycles. The normalized spacial score (nSPS) is 10.5. The number of anilines is 1. The molecule has 166 valence electrons. The summed E-state index contributed by atoms with van der Waals surface area (Å²) in [4.78, 5) is 24.6. The predicted octanol–water partition coefficient (Wildman–Crippen LogP) is 5.89. The number of nitrogens with one attached hydrogen (secondary N) is 1. The van der Waals surface area contributed by atoms with E-state index in [1.54, 1.807) is 37.3 Å². The number of carbonyl (C=O) groups is 2. The molecule has 0 aliphatic carbocycles. The van der Waals surface area contributed by atoms with E-state index >= 15 is 0 Å². The van der Waals surface area contributed by atoms with Crippen LogP contribution in [-0.2, 0) is 22.6 Å². The molecule has 0 atom stereocenters. The van der Waals surface area contributed by atoms with Gasteiger partial charge in [0.05, 0.1) is 23.6 Å². The second-order valence-electron chi connectivity index (χ2n) is 7.50. The van der Waals surface area contributed by atoms with Crippen molar-refractivity contribution in [2.75, 3.05) is 11.9 Å². The second-order valence-corrected chi connectivity index (χ2v) is 7.91. The summed E-state index contributed by atoms with van der Waals surface area (Å²) in [5, 5.41) is 3.22. The quantitative estimate of drug-likeness (QED) is 0.433. The van der Waals surface area contributed by atoms with Crippen LogP contribution in [0.4, 0.5) is 5.69 Å². The molecule has 0 aromatic heterocycles. The fourth-order valence-corrected chi connectivity index (χ4v) is 3.48. The Kier molecular flexibility index (Phi) is 7.90. The smallest absolute Gasteiger partial charge is 0.310 e. The Labute approximate surface area is 193 Å². The van der Waals surface area contributed by atoms with E-state index in [4.69, 9.17) is 21.1 Å². The minimum atomic E-state index is -0.336. The zero-order valence-corrected chi connectivity index (χ0v) is 19.2. The predicted molar refractivity (Wildman–Crippen MR) is 126 cm³/mol. The Bertz CT molecular complexity index is 1130. The van der Waals surface area contributed by atoms with Crippen LogP contribution in [0, 0.1) is 13.8 Å². The first-order valence-electron chi connectivity index (χ1n) is 10.4. The number of carbonyl (C=O) groups excluding carboxylic acids is 2. The van der Waals surface area contributed by atoms with Crippen molar-refractivity contribution < 1.29 is 19.1 Å². The molecule has 3 aromatic carbocycles. The Morgan fingerprint density at radius 3 is 2.50 bits per heavy atom. The molecule has 5 nitrogen and oxygen atoms in total. The van der Waals surface area contributed by atoms with Gasteiger partial charge in [0.2, 0.25) is 0 Å². The fourth-order valence-electron chi connectivity index (χ4n) is 3.28. The first-order valence-corrected chi connectivity index (χ1v) is 10.8. The van der Waals surface area contributed by atoms with Crippen LogP contribution < -0.4 is 10.1 Å². The van der Waals surface area contributed by atoms with Crippen LogP contribution in [0.15, 0.2) is 60.7 Å². The third kappa shape index (κ3) is 6.34. The molecule has 0 aliphatic rings. The highest BCUT2D eigenvalue weighted by molar-refractivity contribution is 6.34. The van der Waals surface area contributed by atoms with Gasteiger partial charge in [0.15, 0.2) is 0 Å². The van der Waals surface area contributed by atoms with Crippen molar-refractivity contribution in [1.82, 2.24) is 0 Å². The average molecular weight is 452 g/mol. The summed E-state index contributed by atoms with van der Waals surface area (Å²) >= 11 is 6.28. The van der Waals surface area contributed by atoms with Crippen LogP contribution in [0.2, 0.25) is 5.02 Å². The number of aryl methyl sites for hydroxylation is 2. The van der Waals surface area contributed by atoms with E-state index in [1.165, 1.54) is 0 Å². The van der Waals surface area contributed by atoms with Crippen LogP contribution >= 0.6 is 11.6 Å². The lowest BCUT2D eigenvalue weighted by Gasteiger charge is -2.13. The maximum absolute atomic E-state index is 12.9. The largest absolute Gasteiger partial charge is 0.489 e. The van der Waals surface area contributed by atoms with E-state index in [-0.39, 0.29) is 18.3 Å². The Balaban J connectivity index is 1.69. The van der Waals surface area contributed by atoms with Gasteiger partial charge in [-0.2, -0.15) is 0 Å². The minimum absolute atomic E-state index is 0.190. The molecule has 0 radical (unpaired) electrons. The maximum atomic E-state index is 12.9. The summed E-state index contributed by atoms with van der Waals surface area (Å²) < 4.78 is 10.8. The molecule has 0 spiro atoms. The molecule has 0 fully saturated rings. The van der Waals surface area contributed by atoms with Crippen molar-refractivity contribution in [3.05, 3.63) is 93.5 Å². The average Bonchev–Trinajstić information content (AvgIpc) is 2.75. The summed E-state index contributed by atoms with van der Waals surface area (Å²) in [7, 11) is 0. The molecule has 32 heavy (non-hydrogen) atoms. The number of benzene rings is 3. The van der Waals surface area contributed by atoms with Gasteiger partial charge < -0.3 is 14.8 Å². The van der Waals surface area contributed by atoms with Crippen LogP contribution in [0.5, 0.6) is 5.75 Å². The van der Waals surface area contributed by atoms with Crippen molar-refractivity contribution in [3.63, 3.8) is 0 Å². The van der Waals surface area contributed by atoms with Crippen molar-refractivity contribution in [3.8, 4) is 5.75 Å². The summed E-state index contributed by atoms with van der Waals surface area (Å²) in [6.45, 7) is 6.41. The number of halogens is 1. The molecule has 6 heteroatoms. The molecule has 0 saturated heterocycles. The number of hydrogen-bond acceptors (Lipinski definition) is 4. The van der Waals surface area contributed by atoms with Crippen molar-refractivity contribution >= 4 is 29.2 Å². The van der Waals surface area contributed by atoms with Crippen LogP contribution in [0.25, 0.3) is 0 Å². The fraction of sp³-hybridized carbons (Fsp3) is 0.231. The third-order valence-electron chi connectivity index (χ3n) is 4.86. The molecule has 0 bridgehead atoms. The third-order valence-corrected chi connectivity index (χ3v) is 5.19. The highest BCUT2D eigenvalue weighted by Gasteiger charge is 2.14. The summed E-state index contributed by atoms with van der Waals surface area (Å²) in [6, 6.07) is 18.5. The van der Waals surface area contributed by atoms with E-state index in [1.807, 2.05) is 38.1 Å². The summed E-state index contributed by atoms with van der Waals surface area (Å²) in [6.07, 6.45) is 0.190. The zero-order valence-electron chi connectivity index (χ0n) is 18.4. The van der Waals surface area contributed by atoms with E-state index in [2.05, 4.69) is 11.4 Å². The van der Waals surface area contributed by atoms with Crippen LogP contribution in [0.3, 0.4) is 0 Å². The molecule has 3 rings (SSSR count). The molecule has 0 heterocycles. The summed E-state index contributed by atoms with van der Waals surface area (Å²) in [5.74, 6) is -0.0576. The number of esters is 1. The van der Waals surface area contributed by atoms with Crippen molar-refractivity contribution in [2.45, 2.75) is 33.8 Å². The van der Waals surface area contributed by atoms with Gasteiger partial charge in [-0.25, -0.2) is 0 Å². The lowest BCUT2D eigenvalue weighted by atomic mass is 10.1. The Hall–Kier alpha value is -3.31. The van der Waals surface area contributed by atoms with Gasteiger partial charge in [-0.1, -0.05) is 53.6 Å². The van der Waals surface area contributed by atoms with Crippen LogP contribution in [-0.4, -0.2) is 18.5 Å².